The van der Waals surface area contributed by atoms with E-state index in [9.17, 15) is 4.79 Å². The van der Waals surface area contributed by atoms with Crippen LogP contribution in [0.15, 0.2) is 47.8 Å². The molecule has 0 aliphatic heterocycles. The summed E-state index contributed by atoms with van der Waals surface area (Å²) in [7, 11) is 3.59. The molecule has 30 heavy (non-hydrogen) atoms. The van der Waals surface area contributed by atoms with Gasteiger partial charge in [0.25, 0.3) is 0 Å². The Kier molecular flexibility index (Phi) is 5.47. The molecule has 0 unspecified atom stereocenters. The third-order valence-electron chi connectivity index (χ3n) is 4.88. The topological polar surface area (TPSA) is 105 Å². The molecular formula is C21H21N5O3S. The number of carbonyl (C=O) groups is 1. The minimum absolute atomic E-state index is 0.0932. The zero-order valence-corrected chi connectivity index (χ0v) is 17.6. The number of aromatic nitrogens is 4. The van der Waals surface area contributed by atoms with Crippen LogP contribution in [0.5, 0.6) is 0 Å². The molecule has 0 saturated carbocycles. The van der Waals surface area contributed by atoms with E-state index in [0.717, 1.165) is 50.6 Å². The van der Waals surface area contributed by atoms with E-state index in [4.69, 9.17) is 9.94 Å². The largest absolute Gasteiger partial charge is 0.481 e. The number of nitrogens with one attached hydrogen (secondary N) is 2. The zero-order chi connectivity index (χ0) is 21.3. The molecule has 2 aromatic carbocycles. The Bertz CT molecular complexity index is 1230. The molecule has 3 N–H and O–H groups in total. The van der Waals surface area contributed by atoms with Crippen LogP contribution in [-0.4, -0.2) is 43.7 Å². The first-order valence-corrected chi connectivity index (χ1v) is 10.2. The Hall–Kier alpha value is -3.30. The fraction of sp³-hybridized carbons (Fsp3) is 0.190. The standard InChI is InChI=1S/C21H21N5O3S/c1-12-16(13-4-5-18-14(8-13)6-7-26(18)2)9-15(10-17(12)25-29-3)20-22-21(24-23-20)30-11-19(27)28/h4-10,25H,11H2,1-3H3,(H,27,28)(H,22,23,24). The van der Waals surface area contributed by atoms with Gasteiger partial charge in [-0.05, 0) is 53.9 Å². The van der Waals surface area contributed by atoms with E-state index in [2.05, 4.69) is 49.5 Å². The van der Waals surface area contributed by atoms with Crippen molar-refractivity contribution in [2.24, 2.45) is 7.05 Å². The summed E-state index contributed by atoms with van der Waals surface area (Å²) in [6, 6.07) is 12.4. The third-order valence-corrected chi connectivity index (χ3v) is 5.71. The molecule has 0 fully saturated rings. The third kappa shape index (κ3) is 3.89. The van der Waals surface area contributed by atoms with Crippen LogP contribution in [0.2, 0.25) is 0 Å². The van der Waals surface area contributed by atoms with Crippen LogP contribution < -0.4 is 5.48 Å². The number of thioether (sulfide) groups is 1. The maximum absolute atomic E-state index is 10.8. The molecule has 9 heteroatoms. The van der Waals surface area contributed by atoms with Gasteiger partial charge in [-0.25, -0.2) is 4.98 Å². The number of carboxylic acids is 1. The van der Waals surface area contributed by atoms with Crippen molar-refractivity contribution >= 4 is 34.3 Å². The fourth-order valence-corrected chi connectivity index (χ4v) is 3.90. The quantitative estimate of drug-likeness (QED) is 0.304. The van der Waals surface area contributed by atoms with Crippen molar-refractivity contribution in [2.75, 3.05) is 18.3 Å². The van der Waals surface area contributed by atoms with E-state index in [1.54, 1.807) is 7.11 Å². The molecule has 0 aliphatic rings. The molecule has 2 heterocycles. The SMILES string of the molecule is CONc1cc(-c2nc(SCC(=O)O)n[nH]2)cc(-c2ccc3c(ccn3C)c2)c1C. The smallest absolute Gasteiger partial charge is 0.313 e. The average molecular weight is 423 g/mol. The zero-order valence-electron chi connectivity index (χ0n) is 16.8. The lowest BCUT2D eigenvalue weighted by Crippen LogP contribution is -2.00. The predicted molar refractivity (Wildman–Crippen MR) is 117 cm³/mol. The molecule has 0 radical (unpaired) electrons. The van der Waals surface area contributed by atoms with E-state index in [1.807, 2.05) is 32.3 Å². The monoisotopic (exact) mass is 423 g/mol. The van der Waals surface area contributed by atoms with E-state index < -0.39 is 5.97 Å². The van der Waals surface area contributed by atoms with Crippen LogP contribution in [0, 0.1) is 6.92 Å². The molecule has 8 nitrogen and oxygen atoms in total. The van der Waals surface area contributed by atoms with Crippen molar-refractivity contribution < 1.29 is 14.7 Å². The van der Waals surface area contributed by atoms with Gasteiger partial charge < -0.3 is 9.67 Å². The number of hydrogen-bond acceptors (Lipinski definition) is 6. The number of aromatic amines is 1. The highest BCUT2D eigenvalue weighted by molar-refractivity contribution is 7.99. The van der Waals surface area contributed by atoms with Gasteiger partial charge in [0.05, 0.1) is 18.6 Å². The van der Waals surface area contributed by atoms with Crippen LogP contribution in [0.4, 0.5) is 5.69 Å². The second-order valence-electron chi connectivity index (χ2n) is 6.85. The molecule has 2 aromatic heterocycles. The Morgan fingerprint density at radius 2 is 2.10 bits per heavy atom. The molecule has 154 valence electrons. The van der Waals surface area contributed by atoms with Gasteiger partial charge in [-0.2, -0.15) is 0 Å². The van der Waals surface area contributed by atoms with E-state index >= 15 is 0 Å². The molecule has 0 aliphatic carbocycles. The Labute approximate surface area is 177 Å². The maximum atomic E-state index is 10.8. The highest BCUT2D eigenvalue weighted by Gasteiger charge is 2.15. The number of H-pyrrole nitrogens is 1. The molecule has 4 aromatic rings. The number of rotatable bonds is 7. The summed E-state index contributed by atoms with van der Waals surface area (Å²) < 4.78 is 2.09. The first kappa shape index (κ1) is 20.0. The summed E-state index contributed by atoms with van der Waals surface area (Å²) in [6.07, 6.45) is 2.04. The highest BCUT2D eigenvalue weighted by Crippen LogP contribution is 2.35. The number of benzene rings is 2. The molecule has 0 amide bonds. The Morgan fingerprint density at radius 1 is 1.27 bits per heavy atom. The number of carboxylic acid groups (broad SMARTS) is 1. The number of aliphatic carboxylic acids is 1. The van der Waals surface area contributed by atoms with Gasteiger partial charge in [-0.3, -0.25) is 20.2 Å². The minimum atomic E-state index is -0.910. The second kappa shape index (κ2) is 8.21. The van der Waals surface area contributed by atoms with E-state index in [-0.39, 0.29) is 5.75 Å². The summed E-state index contributed by atoms with van der Waals surface area (Å²) in [5, 5.41) is 17.4. The number of nitrogens with zero attached hydrogens (tertiary/aromatic N) is 3. The summed E-state index contributed by atoms with van der Waals surface area (Å²) in [6.45, 7) is 2.03. The van der Waals surface area contributed by atoms with Crippen molar-refractivity contribution in [1.29, 1.82) is 0 Å². The lowest BCUT2D eigenvalue weighted by molar-refractivity contribution is -0.133. The molecule has 0 bridgehead atoms. The van der Waals surface area contributed by atoms with E-state index in [1.165, 1.54) is 0 Å². The average Bonchev–Trinajstić information content (AvgIpc) is 3.35. The number of anilines is 1. The van der Waals surface area contributed by atoms with Crippen LogP contribution in [0.3, 0.4) is 0 Å². The van der Waals surface area contributed by atoms with E-state index in [0.29, 0.717) is 11.0 Å². The van der Waals surface area contributed by atoms with Crippen LogP contribution >= 0.6 is 11.8 Å². The normalized spacial score (nSPS) is 11.2. The van der Waals surface area contributed by atoms with Gasteiger partial charge in [0.2, 0.25) is 5.16 Å². The van der Waals surface area contributed by atoms with Crippen molar-refractivity contribution in [1.82, 2.24) is 19.7 Å². The number of fused-ring (bicyclic) bond motifs is 1. The number of hydrogen-bond donors (Lipinski definition) is 3. The summed E-state index contributed by atoms with van der Waals surface area (Å²) in [5.74, 6) is -0.444. The summed E-state index contributed by atoms with van der Waals surface area (Å²) in [4.78, 5) is 20.4. The highest BCUT2D eigenvalue weighted by atomic mass is 32.2. The molecular weight excluding hydrogens is 402 g/mol. The lowest BCUT2D eigenvalue weighted by atomic mass is 9.95. The fourth-order valence-electron chi connectivity index (χ4n) is 3.38. The molecule has 0 saturated heterocycles. The summed E-state index contributed by atoms with van der Waals surface area (Å²) >= 11 is 1.07. The molecule has 0 spiro atoms. The maximum Gasteiger partial charge on any atom is 0.313 e. The molecule has 0 atom stereocenters. The van der Waals surface area contributed by atoms with Crippen LogP contribution in [-0.2, 0) is 16.7 Å². The lowest BCUT2D eigenvalue weighted by Gasteiger charge is -2.15. The van der Waals surface area contributed by atoms with Crippen molar-refractivity contribution in [3.8, 4) is 22.5 Å². The van der Waals surface area contributed by atoms with Gasteiger partial charge >= 0.3 is 5.97 Å². The van der Waals surface area contributed by atoms with Crippen molar-refractivity contribution in [3.63, 3.8) is 0 Å². The Balaban J connectivity index is 1.78. The second-order valence-corrected chi connectivity index (χ2v) is 7.79. The van der Waals surface area contributed by atoms with Crippen LogP contribution in [0.25, 0.3) is 33.4 Å². The van der Waals surface area contributed by atoms with Gasteiger partial charge in [0.1, 0.15) is 0 Å². The molecule has 4 rings (SSSR count). The Morgan fingerprint density at radius 3 is 2.87 bits per heavy atom. The number of aryl methyl sites for hydroxylation is 1. The predicted octanol–water partition coefficient (Wildman–Crippen LogP) is 4.09. The summed E-state index contributed by atoms with van der Waals surface area (Å²) in [5.41, 5.74) is 8.88. The van der Waals surface area contributed by atoms with Gasteiger partial charge in [0, 0.05) is 29.7 Å². The van der Waals surface area contributed by atoms with Crippen LogP contribution in [0.1, 0.15) is 5.56 Å². The van der Waals surface area contributed by atoms with Gasteiger partial charge in [-0.15, -0.1) is 5.10 Å². The van der Waals surface area contributed by atoms with Crippen molar-refractivity contribution in [3.05, 3.63) is 48.2 Å². The minimum Gasteiger partial charge on any atom is -0.481 e. The van der Waals surface area contributed by atoms with Gasteiger partial charge in [0.15, 0.2) is 5.82 Å². The first-order chi connectivity index (χ1) is 14.5. The first-order valence-electron chi connectivity index (χ1n) is 9.22. The van der Waals surface area contributed by atoms with Crippen molar-refractivity contribution in [2.45, 2.75) is 12.1 Å². The van der Waals surface area contributed by atoms with Gasteiger partial charge in [-0.1, -0.05) is 17.8 Å².